The molecule has 7 heteroatoms. The van der Waals surface area contributed by atoms with Crippen LogP contribution in [0.3, 0.4) is 0 Å². The molecule has 1 aromatic rings. The Morgan fingerprint density at radius 3 is 2.70 bits per heavy atom. The third-order valence-electron chi connectivity index (χ3n) is 3.96. The largest absolute Gasteiger partial charge is 0.332 e. The fourth-order valence-electron chi connectivity index (χ4n) is 2.67. The van der Waals surface area contributed by atoms with Crippen molar-refractivity contribution in [3.05, 3.63) is 12.0 Å². The van der Waals surface area contributed by atoms with Gasteiger partial charge in [-0.05, 0) is 19.1 Å². The summed E-state index contributed by atoms with van der Waals surface area (Å²) in [5.41, 5.74) is 0. The van der Waals surface area contributed by atoms with E-state index in [4.69, 9.17) is 0 Å². The summed E-state index contributed by atoms with van der Waals surface area (Å²) < 4.78 is 26.9. The third-order valence-corrected chi connectivity index (χ3v) is 6.91. The molecule has 114 valence electrons. The highest BCUT2D eigenvalue weighted by molar-refractivity contribution is 7.99. The molecule has 1 heterocycles. The summed E-state index contributed by atoms with van der Waals surface area (Å²) in [6.07, 6.45) is 6.61. The molecule has 2 atom stereocenters. The van der Waals surface area contributed by atoms with E-state index in [-0.39, 0.29) is 17.0 Å². The van der Waals surface area contributed by atoms with Crippen LogP contribution >= 0.6 is 11.8 Å². The molecule has 0 radical (unpaired) electrons. The van der Waals surface area contributed by atoms with Gasteiger partial charge in [0, 0.05) is 24.3 Å². The van der Waals surface area contributed by atoms with Crippen LogP contribution in [0.2, 0.25) is 0 Å². The van der Waals surface area contributed by atoms with E-state index in [0.717, 1.165) is 19.3 Å². The molecule has 0 spiro atoms. The topological polar surface area (TPSA) is 66.1 Å². The van der Waals surface area contributed by atoms with Crippen molar-refractivity contribution in [3.63, 3.8) is 0 Å². The van der Waals surface area contributed by atoms with Crippen LogP contribution in [0.1, 0.15) is 44.9 Å². The predicted molar refractivity (Wildman–Crippen MR) is 82.6 cm³/mol. The lowest BCUT2D eigenvalue weighted by Crippen LogP contribution is -2.40. The fraction of sp³-hybridized carbons (Fsp3) is 0.769. The second-order valence-electron chi connectivity index (χ2n) is 5.58. The number of H-pyrrole nitrogens is 1. The van der Waals surface area contributed by atoms with Gasteiger partial charge in [-0.25, -0.2) is 13.4 Å². The molecule has 0 aromatic carbocycles. The average Bonchev–Trinajstić information content (AvgIpc) is 3.06. The molecule has 1 saturated carbocycles. The van der Waals surface area contributed by atoms with Crippen molar-refractivity contribution in [2.45, 2.75) is 55.3 Å². The van der Waals surface area contributed by atoms with Gasteiger partial charge in [-0.2, -0.15) is 16.1 Å². The van der Waals surface area contributed by atoms with E-state index in [0.29, 0.717) is 11.1 Å². The van der Waals surface area contributed by atoms with E-state index >= 15 is 0 Å². The van der Waals surface area contributed by atoms with E-state index in [1.54, 1.807) is 18.8 Å². The summed E-state index contributed by atoms with van der Waals surface area (Å²) in [6, 6.07) is 0.0841. The minimum atomic E-state index is -3.48. The lowest BCUT2D eigenvalue weighted by Gasteiger charge is -2.27. The van der Waals surface area contributed by atoms with Gasteiger partial charge in [0.05, 0.1) is 6.20 Å². The summed E-state index contributed by atoms with van der Waals surface area (Å²) in [4.78, 5) is 7.11. The normalized spacial score (nSPS) is 23.9. The van der Waals surface area contributed by atoms with Crippen LogP contribution < -0.4 is 0 Å². The van der Waals surface area contributed by atoms with Crippen LogP contribution in [0.4, 0.5) is 0 Å². The molecule has 1 fully saturated rings. The van der Waals surface area contributed by atoms with Crippen molar-refractivity contribution in [1.82, 2.24) is 14.3 Å². The summed E-state index contributed by atoms with van der Waals surface area (Å²) in [5, 5.41) is 0.595. The second kappa shape index (κ2) is 6.07. The smallest absolute Gasteiger partial charge is 0.260 e. The summed E-state index contributed by atoms with van der Waals surface area (Å²) in [7, 11) is -1.79. The number of thioether (sulfide) groups is 1. The first kappa shape index (κ1) is 15.9. The van der Waals surface area contributed by atoms with E-state index in [1.807, 2.05) is 13.8 Å². The van der Waals surface area contributed by atoms with Crippen LogP contribution in [-0.2, 0) is 10.0 Å². The van der Waals surface area contributed by atoms with Crippen LogP contribution in [0.5, 0.6) is 0 Å². The molecule has 2 rings (SSSR count). The molecule has 0 bridgehead atoms. The molecule has 20 heavy (non-hydrogen) atoms. The number of nitrogens with one attached hydrogen (secondary N) is 1. The van der Waals surface area contributed by atoms with Crippen LogP contribution in [-0.4, -0.2) is 47.3 Å². The van der Waals surface area contributed by atoms with Crippen LogP contribution in [0, 0.1) is 0 Å². The Morgan fingerprint density at radius 2 is 2.15 bits per heavy atom. The van der Waals surface area contributed by atoms with Crippen molar-refractivity contribution in [3.8, 4) is 0 Å². The van der Waals surface area contributed by atoms with Gasteiger partial charge in [-0.15, -0.1) is 0 Å². The Labute approximate surface area is 125 Å². The number of sulfonamides is 1. The van der Waals surface area contributed by atoms with Gasteiger partial charge in [-0.3, -0.25) is 0 Å². The predicted octanol–water partition coefficient (Wildman–Crippen LogP) is 2.44. The quantitative estimate of drug-likeness (QED) is 0.906. The molecular formula is C13H23N3O2S2. The maximum absolute atomic E-state index is 12.7. The standard InChI is InChI=1S/C13H23N3O2S2/c1-9(2)13-14-8-12(15-13)20(17,18)16(3)10-6-5-7-11(10)19-4/h8-11H,5-7H2,1-4H3,(H,14,15)/t10-,11+/m0/s1. The van der Waals surface area contributed by atoms with Gasteiger partial charge in [0.2, 0.25) is 0 Å². The minimum absolute atomic E-state index is 0.0841. The lowest BCUT2D eigenvalue weighted by molar-refractivity contribution is 0.377. The highest BCUT2D eigenvalue weighted by Crippen LogP contribution is 2.33. The van der Waals surface area contributed by atoms with Gasteiger partial charge >= 0.3 is 0 Å². The van der Waals surface area contributed by atoms with Crippen molar-refractivity contribution < 1.29 is 8.42 Å². The van der Waals surface area contributed by atoms with Crippen molar-refractivity contribution >= 4 is 21.8 Å². The Kier molecular flexibility index (Phi) is 4.81. The Balaban J connectivity index is 2.24. The molecule has 1 aromatic heterocycles. The zero-order valence-corrected chi connectivity index (χ0v) is 14.1. The molecule has 0 aliphatic heterocycles. The van der Waals surface area contributed by atoms with E-state index in [9.17, 15) is 8.42 Å². The first-order valence-corrected chi connectivity index (χ1v) is 9.66. The van der Waals surface area contributed by atoms with Crippen LogP contribution in [0.25, 0.3) is 0 Å². The van der Waals surface area contributed by atoms with Crippen molar-refractivity contribution in [1.29, 1.82) is 0 Å². The van der Waals surface area contributed by atoms with E-state index < -0.39 is 10.0 Å². The maximum Gasteiger partial charge on any atom is 0.260 e. The SMILES string of the molecule is CS[C@@H]1CCC[C@@H]1N(C)S(=O)(=O)c1cnc(C(C)C)[nH]1. The van der Waals surface area contributed by atoms with Gasteiger partial charge < -0.3 is 4.98 Å². The number of nitrogens with zero attached hydrogens (tertiary/aromatic N) is 2. The fourth-order valence-corrected chi connectivity index (χ4v) is 5.12. The van der Waals surface area contributed by atoms with E-state index in [2.05, 4.69) is 16.2 Å². The first-order chi connectivity index (χ1) is 9.37. The number of hydrogen-bond acceptors (Lipinski definition) is 4. The maximum atomic E-state index is 12.7. The van der Waals surface area contributed by atoms with Gasteiger partial charge in [-0.1, -0.05) is 20.3 Å². The van der Waals surface area contributed by atoms with Crippen LogP contribution in [0.15, 0.2) is 11.2 Å². The molecule has 1 N–H and O–H groups in total. The summed E-state index contributed by atoms with van der Waals surface area (Å²) in [6.45, 7) is 3.97. The molecule has 1 aliphatic carbocycles. The molecule has 1 aliphatic rings. The van der Waals surface area contributed by atoms with Gasteiger partial charge in [0.15, 0.2) is 5.03 Å². The highest BCUT2D eigenvalue weighted by atomic mass is 32.2. The molecule has 0 amide bonds. The lowest BCUT2D eigenvalue weighted by atomic mass is 10.2. The number of rotatable bonds is 5. The molecule has 0 saturated heterocycles. The van der Waals surface area contributed by atoms with E-state index in [1.165, 1.54) is 10.5 Å². The Hall–Kier alpha value is -0.530. The van der Waals surface area contributed by atoms with Crippen molar-refractivity contribution in [2.75, 3.05) is 13.3 Å². The van der Waals surface area contributed by atoms with Crippen molar-refractivity contribution in [2.24, 2.45) is 0 Å². The van der Waals surface area contributed by atoms with Gasteiger partial charge in [0.1, 0.15) is 5.82 Å². The molecule has 5 nitrogen and oxygen atoms in total. The summed E-state index contributed by atoms with van der Waals surface area (Å²) >= 11 is 1.76. The third kappa shape index (κ3) is 2.89. The monoisotopic (exact) mass is 317 g/mol. The van der Waals surface area contributed by atoms with Gasteiger partial charge in [0.25, 0.3) is 10.0 Å². The zero-order valence-electron chi connectivity index (χ0n) is 12.5. The number of aromatic amines is 1. The number of aromatic nitrogens is 2. The second-order valence-corrected chi connectivity index (χ2v) is 8.62. The first-order valence-electron chi connectivity index (χ1n) is 6.93. The average molecular weight is 317 g/mol. The Morgan fingerprint density at radius 1 is 1.45 bits per heavy atom. The molecule has 0 unspecified atom stereocenters. The molecular weight excluding hydrogens is 294 g/mol. The highest BCUT2D eigenvalue weighted by Gasteiger charge is 2.37. The zero-order chi connectivity index (χ0) is 14.9. The summed E-state index contributed by atoms with van der Waals surface area (Å²) in [5.74, 6) is 0.902. The number of hydrogen-bond donors (Lipinski definition) is 1. The number of imidazole rings is 1. The minimum Gasteiger partial charge on any atom is -0.332 e. The Bertz CT molecular complexity index is 554.